The summed E-state index contributed by atoms with van der Waals surface area (Å²) in [6, 6.07) is 0.421. The molecule has 9 atom stereocenters. The normalized spacial score (nSPS) is 57.5. The number of rotatable bonds is 1. The van der Waals surface area contributed by atoms with Crippen LogP contribution < -0.4 is 0 Å². The van der Waals surface area contributed by atoms with Gasteiger partial charge in [0.1, 0.15) is 0 Å². The zero-order valence-electron chi connectivity index (χ0n) is 16.9. The van der Waals surface area contributed by atoms with Crippen molar-refractivity contribution in [1.82, 2.24) is 4.90 Å². The number of hydrogen-bond donors (Lipinski definition) is 2. The monoisotopic (exact) mass is 361 g/mol. The van der Waals surface area contributed by atoms with E-state index in [1.165, 1.54) is 64.5 Å². The molecule has 26 heavy (non-hydrogen) atoms. The van der Waals surface area contributed by atoms with E-state index in [9.17, 15) is 10.2 Å². The molecule has 3 heteroatoms. The molecule has 0 radical (unpaired) electrons. The Kier molecular flexibility index (Phi) is 4.27. The maximum atomic E-state index is 11.4. The van der Waals surface area contributed by atoms with Gasteiger partial charge in [0.2, 0.25) is 0 Å². The summed E-state index contributed by atoms with van der Waals surface area (Å²) in [6.45, 7) is 7.40. The first-order chi connectivity index (χ1) is 12.4. The van der Waals surface area contributed by atoms with Gasteiger partial charge in [-0.15, -0.1) is 0 Å². The van der Waals surface area contributed by atoms with Crippen LogP contribution in [0.25, 0.3) is 0 Å². The van der Waals surface area contributed by atoms with Gasteiger partial charge >= 0.3 is 0 Å². The molecule has 5 fully saturated rings. The Morgan fingerprint density at radius 2 is 1.54 bits per heavy atom. The van der Waals surface area contributed by atoms with Crippen molar-refractivity contribution in [1.29, 1.82) is 0 Å². The van der Waals surface area contributed by atoms with Gasteiger partial charge in [-0.3, -0.25) is 4.90 Å². The Morgan fingerprint density at radius 1 is 0.808 bits per heavy atom. The van der Waals surface area contributed by atoms with Crippen molar-refractivity contribution in [2.24, 2.45) is 34.5 Å². The lowest BCUT2D eigenvalue weighted by Gasteiger charge is -2.60. The van der Waals surface area contributed by atoms with Crippen LogP contribution in [0.5, 0.6) is 0 Å². The van der Waals surface area contributed by atoms with Gasteiger partial charge in [-0.05, 0) is 112 Å². The van der Waals surface area contributed by atoms with Crippen LogP contribution >= 0.6 is 0 Å². The third-order valence-corrected chi connectivity index (χ3v) is 10.2. The molecule has 0 bridgehead atoms. The Hall–Kier alpha value is -0.120. The molecule has 5 aliphatic rings. The zero-order chi connectivity index (χ0) is 18.1. The van der Waals surface area contributed by atoms with E-state index < -0.39 is 0 Å². The molecule has 1 saturated heterocycles. The van der Waals surface area contributed by atoms with Gasteiger partial charge in [-0.25, -0.2) is 0 Å². The summed E-state index contributed by atoms with van der Waals surface area (Å²) in [6.07, 6.45) is 12.2. The SMILES string of the molecule is C[C@]12CCC(O)CC1CC[C@@H]1[C@H]2CC[C@]2(C)C(O)C(N3CCCC3)C[C@@H]12. The second kappa shape index (κ2) is 6.19. The van der Waals surface area contributed by atoms with Crippen LogP contribution in [0.4, 0.5) is 0 Å². The Morgan fingerprint density at radius 3 is 2.31 bits per heavy atom. The molecule has 5 rings (SSSR count). The van der Waals surface area contributed by atoms with Crippen molar-refractivity contribution in [2.75, 3.05) is 13.1 Å². The molecule has 4 aliphatic carbocycles. The van der Waals surface area contributed by atoms with Crippen molar-refractivity contribution in [3.63, 3.8) is 0 Å². The van der Waals surface area contributed by atoms with Crippen LogP contribution in [-0.2, 0) is 0 Å². The first kappa shape index (κ1) is 17.9. The maximum absolute atomic E-state index is 11.4. The van der Waals surface area contributed by atoms with Gasteiger partial charge in [0.25, 0.3) is 0 Å². The highest BCUT2D eigenvalue weighted by molar-refractivity contribution is 5.13. The quantitative estimate of drug-likeness (QED) is 0.746. The molecule has 3 nitrogen and oxygen atoms in total. The van der Waals surface area contributed by atoms with Gasteiger partial charge in [-0.2, -0.15) is 0 Å². The second-order valence-corrected chi connectivity index (χ2v) is 11.1. The van der Waals surface area contributed by atoms with Gasteiger partial charge < -0.3 is 10.2 Å². The predicted molar refractivity (Wildman–Crippen MR) is 104 cm³/mol. The molecule has 4 saturated carbocycles. The number of likely N-dealkylation sites (tertiary alicyclic amines) is 1. The van der Waals surface area contributed by atoms with Gasteiger partial charge in [-0.1, -0.05) is 13.8 Å². The minimum Gasteiger partial charge on any atom is -0.393 e. The number of hydrogen-bond acceptors (Lipinski definition) is 3. The molecular weight excluding hydrogens is 322 g/mol. The highest BCUT2D eigenvalue weighted by atomic mass is 16.3. The highest BCUT2D eigenvalue weighted by Gasteiger charge is 2.62. The molecule has 0 spiro atoms. The molecule has 0 amide bonds. The van der Waals surface area contributed by atoms with Crippen molar-refractivity contribution >= 4 is 0 Å². The van der Waals surface area contributed by atoms with Crippen LogP contribution in [0.3, 0.4) is 0 Å². The van der Waals surface area contributed by atoms with E-state index in [-0.39, 0.29) is 17.6 Å². The topological polar surface area (TPSA) is 43.7 Å². The van der Waals surface area contributed by atoms with Crippen LogP contribution in [0.1, 0.15) is 78.1 Å². The summed E-state index contributed by atoms with van der Waals surface area (Å²) >= 11 is 0. The molecule has 1 heterocycles. The minimum absolute atomic E-state index is 0.0497. The lowest BCUT2D eigenvalue weighted by atomic mass is 9.45. The molecule has 0 aromatic carbocycles. The molecule has 2 N–H and O–H groups in total. The summed E-state index contributed by atoms with van der Waals surface area (Å²) in [7, 11) is 0. The maximum Gasteiger partial charge on any atom is 0.0751 e. The number of fused-ring (bicyclic) bond motifs is 5. The lowest BCUT2D eigenvalue weighted by Crippen LogP contribution is -2.54. The smallest absolute Gasteiger partial charge is 0.0751 e. The van der Waals surface area contributed by atoms with Crippen molar-refractivity contribution in [2.45, 2.75) is 96.3 Å². The lowest BCUT2D eigenvalue weighted by molar-refractivity contribution is -0.134. The van der Waals surface area contributed by atoms with Gasteiger partial charge in [0.15, 0.2) is 0 Å². The van der Waals surface area contributed by atoms with Crippen molar-refractivity contribution in [3.8, 4) is 0 Å². The fourth-order valence-corrected chi connectivity index (χ4v) is 8.65. The zero-order valence-corrected chi connectivity index (χ0v) is 16.9. The summed E-state index contributed by atoms with van der Waals surface area (Å²) in [5.41, 5.74) is 0.589. The number of aliphatic hydroxyl groups is 2. The Labute approximate surface area is 159 Å². The fraction of sp³-hybridized carbons (Fsp3) is 1.00. The van der Waals surface area contributed by atoms with Crippen LogP contribution in [0.15, 0.2) is 0 Å². The van der Waals surface area contributed by atoms with Crippen LogP contribution in [-0.4, -0.2) is 46.5 Å². The standard InChI is InChI=1S/C23H39NO2/c1-22-9-7-16(25)13-15(22)5-6-17-18(22)8-10-23(2)19(17)14-20(21(23)26)24-11-3-4-12-24/h15-21,25-26H,3-14H2,1-2H3/t15?,16?,17-,18-,19+,20?,21?,22+,23+/m1/s1. The molecule has 148 valence electrons. The van der Waals surface area contributed by atoms with Crippen molar-refractivity contribution < 1.29 is 10.2 Å². The molecule has 0 aromatic heterocycles. The third kappa shape index (κ3) is 2.42. The second-order valence-electron chi connectivity index (χ2n) is 11.1. The molecule has 4 unspecified atom stereocenters. The summed E-state index contributed by atoms with van der Waals surface area (Å²) in [4.78, 5) is 2.62. The Balaban J connectivity index is 1.41. The average molecular weight is 362 g/mol. The number of nitrogens with zero attached hydrogens (tertiary/aromatic N) is 1. The largest absolute Gasteiger partial charge is 0.393 e. The first-order valence-corrected chi connectivity index (χ1v) is 11.5. The van der Waals surface area contributed by atoms with Gasteiger partial charge in [0, 0.05) is 6.04 Å². The molecule has 1 aliphatic heterocycles. The summed E-state index contributed by atoms with van der Waals surface area (Å²) < 4.78 is 0. The van der Waals surface area contributed by atoms with E-state index in [0.717, 1.165) is 30.6 Å². The van der Waals surface area contributed by atoms with Gasteiger partial charge in [0.05, 0.1) is 12.2 Å². The highest BCUT2D eigenvalue weighted by Crippen LogP contribution is 2.66. The minimum atomic E-state index is -0.120. The van der Waals surface area contributed by atoms with Crippen LogP contribution in [0, 0.1) is 34.5 Å². The van der Waals surface area contributed by atoms with E-state index in [2.05, 4.69) is 18.7 Å². The summed E-state index contributed by atoms with van der Waals surface area (Å²) in [5, 5.41) is 21.6. The van der Waals surface area contributed by atoms with E-state index >= 15 is 0 Å². The predicted octanol–water partition coefficient (Wildman–Crippen LogP) is 3.83. The molecular formula is C23H39NO2. The molecule has 0 aromatic rings. The number of aliphatic hydroxyl groups excluding tert-OH is 2. The van der Waals surface area contributed by atoms with E-state index in [0.29, 0.717) is 17.4 Å². The first-order valence-electron chi connectivity index (χ1n) is 11.5. The summed E-state index contributed by atoms with van der Waals surface area (Å²) in [5.74, 6) is 3.09. The average Bonchev–Trinajstić information content (AvgIpc) is 3.23. The Bertz CT molecular complexity index is 546. The van der Waals surface area contributed by atoms with E-state index in [1.54, 1.807) is 0 Å². The van der Waals surface area contributed by atoms with E-state index in [1.807, 2.05) is 0 Å². The van der Waals surface area contributed by atoms with Crippen LogP contribution in [0.2, 0.25) is 0 Å². The third-order valence-electron chi connectivity index (χ3n) is 10.2. The van der Waals surface area contributed by atoms with Crippen molar-refractivity contribution in [3.05, 3.63) is 0 Å². The van der Waals surface area contributed by atoms with E-state index in [4.69, 9.17) is 0 Å². The fourth-order valence-electron chi connectivity index (χ4n) is 8.65.